The SMILES string of the molecule is CC(C)(O)CCc1nc(CN)cc(N2CCOCC2)n1. The number of aryl methyl sites for hydroxylation is 1. The molecule has 3 N–H and O–H groups in total. The molecule has 1 aliphatic heterocycles. The van der Waals surface area contributed by atoms with Gasteiger partial charge in [-0.05, 0) is 20.3 Å². The maximum atomic E-state index is 9.82. The largest absolute Gasteiger partial charge is 0.390 e. The summed E-state index contributed by atoms with van der Waals surface area (Å²) in [5.41, 5.74) is 5.85. The van der Waals surface area contributed by atoms with Gasteiger partial charge in [-0.25, -0.2) is 9.97 Å². The van der Waals surface area contributed by atoms with Crippen LogP contribution in [0.3, 0.4) is 0 Å². The van der Waals surface area contributed by atoms with Crippen molar-refractivity contribution in [2.45, 2.75) is 38.8 Å². The van der Waals surface area contributed by atoms with Gasteiger partial charge in [-0.2, -0.15) is 0 Å². The van der Waals surface area contributed by atoms with Gasteiger partial charge in [-0.15, -0.1) is 0 Å². The lowest BCUT2D eigenvalue weighted by atomic mass is 10.0. The van der Waals surface area contributed by atoms with E-state index in [0.29, 0.717) is 19.4 Å². The van der Waals surface area contributed by atoms with Gasteiger partial charge in [0.1, 0.15) is 11.6 Å². The maximum absolute atomic E-state index is 9.82. The molecule has 1 saturated heterocycles. The topological polar surface area (TPSA) is 84.5 Å². The van der Waals surface area contributed by atoms with Crippen LogP contribution in [0.15, 0.2) is 6.07 Å². The van der Waals surface area contributed by atoms with Gasteiger partial charge in [0.05, 0.1) is 24.5 Å². The Hall–Kier alpha value is -1.24. The number of rotatable bonds is 5. The number of aliphatic hydroxyl groups is 1. The highest BCUT2D eigenvalue weighted by atomic mass is 16.5. The fraction of sp³-hybridized carbons (Fsp3) is 0.714. The van der Waals surface area contributed by atoms with Crippen LogP contribution in [0.2, 0.25) is 0 Å². The Labute approximate surface area is 120 Å². The van der Waals surface area contributed by atoms with E-state index in [1.54, 1.807) is 13.8 Å². The van der Waals surface area contributed by atoms with Gasteiger partial charge in [-0.3, -0.25) is 0 Å². The predicted molar refractivity (Wildman–Crippen MR) is 77.6 cm³/mol. The average molecular weight is 280 g/mol. The molecule has 1 fully saturated rings. The van der Waals surface area contributed by atoms with E-state index in [1.165, 1.54) is 0 Å². The van der Waals surface area contributed by atoms with Crippen LogP contribution in [0.4, 0.5) is 5.82 Å². The summed E-state index contributed by atoms with van der Waals surface area (Å²) < 4.78 is 5.36. The van der Waals surface area contributed by atoms with E-state index in [0.717, 1.165) is 43.6 Å². The first-order valence-corrected chi connectivity index (χ1v) is 7.10. The summed E-state index contributed by atoms with van der Waals surface area (Å²) in [4.78, 5) is 11.2. The molecule has 0 unspecified atom stereocenters. The van der Waals surface area contributed by atoms with Crippen LogP contribution in [0.5, 0.6) is 0 Å². The van der Waals surface area contributed by atoms with Gasteiger partial charge in [0.15, 0.2) is 0 Å². The van der Waals surface area contributed by atoms with E-state index in [2.05, 4.69) is 14.9 Å². The lowest BCUT2D eigenvalue weighted by Crippen LogP contribution is -2.37. The van der Waals surface area contributed by atoms with Crippen molar-refractivity contribution < 1.29 is 9.84 Å². The normalized spacial score (nSPS) is 16.5. The van der Waals surface area contributed by atoms with Crippen molar-refractivity contribution in [2.75, 3.05) is 31.2 Å². The van der Waals surface area contributed by atoms with Gasteiger partial charge >= 0.3 is 0 Å². The zero-order valence-electron chi connectivity index (χ0n) is 12.3. The number of ether oxygens (including phenoxy) is 1. The molecule has 2 heterocycles. The summed E-state index contributed by atoms with van der Waals surface area (Å²) >= 11 is 0. The van der Waals surface area contributed by atoms with Crippen LogP contribution in [0.25, 0.3) is 0 Å². The zero-order chi connectivity index (χ0) is 14.6. The smallest absolute Gasteiger partial charge is 0.132 e. The van der Waals surface area contributed by atoms with Crippen molar-refractivity contribution in [3.63, 3.8) is 0 Å². The van der Waals surface area contributed by atoms with Crippen LogP contribution < -0.4 is 10.6 Å². The number of hydrogen-bond acceptors (Lipinski definition) is 6. The Morgan fingerprint density at radius 3 is 2.65 bits per heavy atom. The second-order valence-electron chi connectivity index (χ2n) is 5.75. The van der Waals surface area contributed by atoms with Crippen LogP contribution in [-0.4, -0.2) is 47.0 Å². The first-order valence-electron chi connectivity index (χ1n) is 7.10. The molecule has 1 aromatic heterocycles. The summed E-state index contributed by atoms with van der Waals surface area (Å²) in [6, 6.07) is 1.94. The minimum atomic E-state index is -0.707. The lowest BCUT2D eigenvalue weighted by Gasteiger charge is -2.28. The van der Waals surface area contributed by atoms with Crippen LogP contribution in [0, 0.1) is 0 Å². The van der Waals surface area contributed by atoms with E-state index in [4.69, 9.17) is 10.5 Å². The number of morpholine rings is 1. The third-order valence-corrected chi connectivity index (χ3v) is 3.32. The fourth-order valence-corrected chi connectivity index (χ4v) is 2.13. The molecule has 6 nitrogen and oxygen atoms in total. The minimum absolute atomic E-state index is 0.398. The molecule has 0 aromatic carbocycles. The maximum Gasteiger partial charge on any atom is 0.132 e. The van der Waals surface area contributed by atoms with Crippen molar-refractivity contribution in [3.8, 4) is 0 Å². The Balaban J connectivity index is 2.15. The molecule has 0 atom stereocenters. The van der Waals surface area contributed by atoms with Crippen LogP contribution >= 0.6 is 0 Å². The number of hydrogen-bond donors (Lipinski definition) is 2. The first kappa shape index (κ1) is 15.2. The van der Waals surface area contributed by atoms with Gasteiger partial charge in [0, 0.05) is 32.1 Å². The highest BCUT2D eigenvalue weighted by Crippen LogP contribution is 2.17. The second kappa shape index (κ2) is 6.47. The number of nitrogens with two attached hydrogens (primary N) is 1. The Kier molecular flexibility index (Phi) is 4.91. The molecule has 1 aromatic rings. The Morgan fingerprint density at radius 2 is 2.05 bits per heavy atom. The Morgan fingerprint density at radius 1 is 1.35 bits per heavy atom. The molecule has 112 valence electrons. The van der Waals surface area contributed by atoms with Gasteiger partial charge in [-0.1, -0.05) is 0 Å². The molecular formula is C14H24N4O2. The van der Waals surface area contributed by atoms with E-state index >= 15 is 0 Å². The molecule has 0 bridgehead atoms. The highest BCUT2D eigenvalue weighted by Gasteiger charge is 2.17. The van der Waals surface area contributed by atoms with E-state index in [1.807, 2.05) is 6.07 Å². The number of anilines is 1. The summed E-state index contributed by atoms with van der Waals surface area (Å²) in [6.07, 6.45) is 1.28. The first-order chi connectivity index (χ1) is 9.48. The van der Waals surface area contributed by atoms with Crippen LogP contribution in [0.1, 0.15) is 31.8 Å². The number of nitrogens with zero attached hydrogens (tertiary/aromatic N) is 3. The molecule has 0 aliphatic carbocycles. The molecule has 0 saturated carbocycles. The third-order valence-electron chi connectivity index (χ3n) is 3.32. The fourth-order valence-electron chi connectivity index (χ4n) is 2.13. The van der Waals surface area contributed by atoms with Gasteiger partial charge in [0.2, 0.25) is 0 Å². The minimum Gasteiger partial charge on any atom is -0.390 e. The third kappa shape index (κ3) is 4.40. The van der Waals surface area contributed by atoms with Crippen molar-refractivity contribution >= 4 is 5.82 Å². The van der Waals surface area contributed by atoms with E-state index < -0.39 is 5.60 Å². The molecule has 1 aliphatic rings. The lowest BCUT2D eigenvalue weighted by molar-refractivity contribution is 0.0708. The second-order valence-corrected chi connectivity index (χ2v) is 5.75. The van der Waals surface area contributed by atoms with Crippen molar-refractivity contribution in [1.29, 1.82) is 0 Å². The summed E-state index contributed by atoms with van der Waals surface area (Å²) in [7, 11) is 0. The van der Waals surface area contributed by atoms with E-state index in [9.17, 15) is 5.11 Å². The average Bonchev–Trinajstić information content (AvgIpc) is 2.45. The summed E-state index contributed by atoms with van der Waals surface area (Å²) in [5, 5.41) is 9.82. The summed E-state index contributed by atoms with van der Waals surface area (Å²) in [6.45, 7) is 7.11. The van der Waals surface area contributed by atoms with Gasteiger partial charge < -0.3 is 20.5 Å². The Bertz CT molecular complexity index is 439. The molecule has 6 heteroatoms. The van der Waals surface area contributed by atoms with Gasteiger partial charge in [0.25, 0.3) is 0 Å². The molecule has 0 radical (unpaired) electrons. The van der Waals surface area contributed by atoms with Crippen LogP contribution in [-0.2, 0) is 17.7 Å². The predicted octanol–water partition coefficient (Wildman–Crippen LogP) is 0.475. The molecule has 0 amide bonds. The zero-order valence-corrected chi connectivity index (χ0v) is 12.3. The standard InChI is InChI=1S/C14H24N4O2/c1-14(2,19)4-3-12-16-11(10-15)9-13(17-12)18-5-7-20-8-6-18/h9,19H,3-8,10,15H2,1-2H3. The molecule has 20 heavy (non-hydrogen) atoms. The van der Waals surface area contributed by atoms with Crippen molar-refractivity contribution in [2.24, 2.45) is 5.73 Å². The van der Waals surface area contributed by atoms with Crippen molar-refractivity contribution in [1.82, 2.24) is 9.97 Å². The molecule has 2 rings (SSSR count). The number of aromatic nitrogens is 2. The van der Waals surface area contributed by atoms with E-state index in [-0.39, 0.29) is 0 Å². The quantitative estimate of drug-likeness (QED) is 0.816. The molecular weight excluding hydrogens is 256 g/mol. The summed E-state index contributed by atoms with van der Waals surface area (Å²) in [5.74, 6) is 1.66. The highest BCUT2D eigenvalue weighted by molar-refractivity contribution is 5.40. The van der Waals surface area contributed by atoms with Crippen molar-refractivity contribution in [3.05, 3.63) is 17.6 Å². The molecule has 0 spiro atoms. The monoisotopic (exact) mass is 280 g/mol.